The molecule has 0 bridgehead atoms. The first-order valence-electron chi connectivity index (χ1n) is 2.41. The third kappa shape index (κ3) is 1.11. The summed E-state index contributed by atoms with van der Waals surface area (Å²) in [5.41, 5.74) is 5.04. The molecule has 0 saturated carbocycles. The standard InChI is InChI=1S/C5H4ClFN2O/c6-3-1-2(7)4(10)5(8)9-3/h1,10H,(H2,8,9). The van der Waals surface area contributed by atoms with Gasteiger partial charge in [-0.2, -0.15) is 0 Å². The molecule has 1 heterocycles. The van der Waals surface area contributed by atoms with E-state index >= 15 is 0 Å². The second kappa shape index (κ2) is 2.30. The summed E-state index contributed by atoms with van der Waals surface area (Å²) in [4.78, 5) is 3.39. The number of aromatic nitrogens is 1. The van der Waals surface area contributed by atoms with E-state index in [9.17, 15) is 4.39 Å². The van der Waals surface area contributed by atoms with E-state index in [1.165, 1.54) is 0 Å². The van der Waals surface area contributed by atoms with Crippen LogP contribution in [0.1, 0.15) is 0 Å². The largest absolute Gasteiger partial charge is 0.502 e. The Labute approximate surface area is 61.3 Å². The molecule has 0 saturated heterocycles. The molecule has 5 heteroatoms. The Morgan fingerprint density at radius 1 is 1.70 bits per heavy atom. The molecule has 1 aromatic heterocycles. The van der Waals surface area contributed by atoms with Gasteiger partial charge in [-0.05, 0) is 0 Å². The van der Waals surface area contributed by atoms with E-state index in [1.807, 2.05) is 0 Å². The van der Waals surface area contributed by atoms with Crippen LogP contribution in [0.25, 0.3) is 0 Å². The molecule has 10 heavy (non-hydrogen) atoms. The van der Waals surface area contributed by atoms with Crippen LogP contribution in [-0.4, -0.2) is 10.1 Å². The molecular formula is C5H4ClFN2O. The Balaban J connectivity index is 3.31. The van der Waals surface area contributed by atoms with Crippen LogP contribution < -0.4 is 5.73 Å². The Morgan fingerprint density at radius 2 is 2.30 bits per heavy atom. The molecule has 0 aliphatic carbocycles. The number of aromatic hydroxyl groups is 1. The number of nitrogens with two attached hydrogens (primary N) is 1. The van der Waals surface area contributed by atoms with Crippen molar-refractivity contribution in [1.82, 2.24) is 4.98 Å². The molecule has 3 N–H and O–H groups in total. The van der Waals surface area contributed by atoms with Gasteiger partial charge in [0.05, 0.1) is 0 Å². The minimum atomic E-state index is -0.863. The highest BCUT2D eigenvalue weighted by Crippen LogP contribution is 2.23. The molecular weight excluding hydrogens is 159 g/mol. The number of hydrogen-bond acceptors (Lipinski definition) is 3. The van der Waals surface area contributed by atoms with Gasteiger partial charge in [-0.15, -0.1) is 0 Å². The third-order valence-electron chi connectivity index (χ3n) is 0.942. The lowest BCUT2D eigenvalue weighted by atomic mass is 10.4. The van der Waals surface area contributed by atoms with Gasteiger partial charge in [-0.1, -0.05) is 11.6 Å². The molecule has 0 spiro atoms. The number of pyridine rings is 1. The zero-order valence-corrected chi connectivity index (χ0v) is 5.56. The highest BCUT2D eigenvalue weighted by molar-refractivity contribution is 6.29. The van der Waals surface area contributed by atoms with E-state index in [1.54, 1.807) is 0 Å². The van der Waals surface area contributed by atoms with Crippen LogP contribution in [-0.2, 0) is 0 Å². The molecule has 0 aliphatic heterocycles. The number of nitrogen functional groups attached to an aromatic ring is 1. The highest BCUT2D eigenvalue weighted by Gasteiger charge is 2.06. The van der Waals surface area contributed by atoms with Crippen molar-refractivity contribution in [3.63, 3.8) is 0 Å². The van der Waals surface area contributed by atoms with Gasteiger partial charge in [0.25, 0.3) is 0 Å². The zero-order chi connectivity index (χ0) is 7.72. The lowest BCUT2D eigenvalue weighted by Crippen LogP contribution is -1.92. The number of rotatable bonds is 0. The molecule has 0 atom stereocenters. The molecule has 1 aromatic rings. The van der Waals surface area contributed by atoms with E-state index in [4.69, 9.17) is 22.4 Å². The normalized spacial score (nSPS) is 9.80. The molecule has 3 nitrogen and oxygen atoms in total. The number of nitrogens with zero attached hydrogens (tertiary/aromatic N) is 1. The molecule has 0 amide bonds. The lowest BCUT2D eigenvalue weighted by Gasteiger charge is -1.97. The molecule has 0 unspecified atom stereocenters. The third-order valence-corrected chi connectivity index (χ3v) is 1.14. The van der Waals surface area contributed by atoms with Crippen LogP contribution in [0.4, 0.5) is 10.2 Å². The summed E-state index contributed by atoms with van der Waals surface area (Å²) < 4.78 is 12.4. The highest BCUT2D eigenvalue weighted by atomic mass is 35.5. The Hall–Kier alpha value is -1.03. The van der Waals surface area contributed by atoms with Crippen LogP contribution in [0.5, 0.6) is 5.75 Å². The Kier molecular flexibility index (Phi) is 1.63. The summed E-state index contributed by atoms with van der Waals surface area (Å²) in [6, 6.07) is 0.882. The van der Waals surface area contributed by atoms with Gasteiger partial charge >= 0.3 is 0 Å². The van der Waals surface area contributed by atoms with E-state index in [-0.39, 0.29) is 11.0 Å². The first-order valence-corrected chi connectivity index (χ1v) is 2.79. The fourth-order valence-corrected chi connectivity index (χ4v) is 0.682. The topological polar surface area (TPSA) is 59.1 Å². The fraction of sp³-hybridized carbons (Fsp3) is 0. The average Bonchev–Trinajstić information content (AvgIpc) is 1.82. The predicted octanol–water partition coefficient (Wildman–Crippen LogP) is 1.16. The van der Waals surface area contributed by atoms with Crippen molar-refractivity contribution in [1.29, 1.82) is 0 Å². The lowest BCUT2D eigenvalue weighted by molar-refractivity contribution is 0.432. The van der Waals surface area contributed by atoms with Crippen LogP contribution >= 0.6 is 11.6 Å². The second-order valence-corrected chi connectivity index (χ2v) is 2.05. The van der Waals surface area contributed by atoms with Crippen LogP contribution in [0.15, 0.2) is 6.07 Å². The zero-order valence-electron chi connectivity index (χ0n) is 4.81. The number of hydrogen-bond donors (Lipinski definition) is 2. The first kappa shape index (κ1) is 7.08. The summed E-state index contributed by atoms with van der Waals surface area (Å²) in [5, 5.41) is 8.63. The van der Waals surface area contributed by atoms with E-state index < -0.39 is 11.6 Å². The summed E-state index contributed by atoms with van der Waals surface area (Å²) in [5.74, 6) is -1.83. The van der Waals surface area contributed by atoms with Gasteiger partial charge in [0.1, 0.15) is 5.15 Å². The maximum absolute atomic E-state index is 12.4. The van der Waals surface area contributed by atoms with Crippen molar-refractivity contribution in [3.05, 3.63) is 17.0 Å². The minimum Gasteiger partial charge on any atom is -0.502 e. The quantitative estimate of drug-likeness (QED) is 0.563. The summed E-state index contributed by atoms with van der Waals surface area (Å²) in [6.07, 6.45) is 0. The molecule has 0 radical (unpaired) electrons. The van der Waals surface area contributed by atoms with Crippen molar-refractivity contribution >= 4 is 17.4 Å². The van der Waals surface area contributed by atoms with Crippen LogP contribution in [0.3, 0.4) is 0 Å². The van der Waals surface area contributed by atoms with E-state index in [2.05, 4.69) is 4.98 Å². The SMILES string of the molecule is Nc1nc(Cl)cc(F)c1O. The number of anilines is 1. The Bertz CT molecular complexity index is 243. The molecule has 0 fully saturated rings. The predicted molar refractivity (Wildman–Crippen MR) is 35.3 cm³/mol. The van der Waals surface area contributed by atoms with Gasteiger partial charge < -0.3 is 10.8 Å². The molecule has 54 valence electrons. The molecule has 0 aliphatic rings. The monoisotopic (exact) mass is 162 g/mol. The number of halogens is 2. The summed E-state index contributed by atoms with van der Waals surface area (Å²) in [7, 11) is 0. The maximum Gasteiger partial charge on any atom is 0.194 e. The van der Waals surface area contributed by atoms with E-state index in [0.29, 0.717) is 0 Å². The van der Waals surface area contributed by atoms with E-state index in [0.717, 1.165) is 6.07 Å². The molecule has 1 rings (SSSR count). The van der Waals surface area contributed by atoms with Gasteiger partial charge in [0.15, 0.2) is 17.4 Å². The van der Waals surface area contributed by atoms with Crippen molar-refractivity contribution < 1.29 is 9.50 Å². The smallest absolute Gasteiger partial charge is 0.194 e. The second-order valence-electron chi connectivity index (χ2n) is 1.66. The van der Waals surface area contributed by atoms with Gasteiger partial charge in [-0.25, -0.2) is 9.37 Å². The van der Waals surface area contributed by atoms with Gasteiger partial charge in [-0.3, -0.25) is 0 Å². The summed E-state index contributed by atoms with van der Waals surface area (Å²) in [6.45, 7) is 0. The van der Waals surface area contributed by atoms with Crippen molar-refractivity contribution in [2.24, 2.45) is 0 Å². The average molecular weight is 163 g/mol. The summed E-state index contributed by atoms with van der Waals surface area (Å²) >= 11 is 5.28. The van der Waals surface area contributed by atoms with Crippen LogP contribution in [0.2, 0.25) is 5.15 Å². The van der Waals surface area contributed by atoms with Crippen molar-refractivity contribution in [2.75, 3.05) is 5.73 Å². The van der Waals surface area contributed by atoms with Crippen molar-refractivity contribution in [2.45, 2.75) is 0 Å². The van der Waals surface area contributed by atoms with Crippen LogP contribution in [0, 0.1) is 5.82 Å². The van der Waals surface area contributed by atoms with Gasteiger partial charge in [0, 0.05) is 6.07 Å². The van der Waals surface area contributed by atoms with Gasteiger partial charge in [0.2, 0.25) is 0 Å². The Morgan fingerprint density at radius 3 is 2.80 bits per heavy atom. The molecule has 0 aromatic carbocycles. The fourth-order valence-electron chi connectivity index (χ4n) is 0.496. The minimum absolute atomic E-state index is 0.0761. The maximum atomic E-state index is 12.4. The first-order chi connectivity index (χ1) is 4.61. The van der Waals surface area contributed by atoms with Crippen molar-refractivity contribution in [3.8, 4) is 5.75 Å².